The van der Waals surface area contributed by atoms with E-state index in [4.69, 9.17) is 4.74 Å². The number of unbranched alkanes of at least 4 members (excludes halogenated alkanes) is 5. The molecule has 0 aliphatic rings. The number of ether oxygens (including phenoxy) is 1. The van der Waals surface area contributed by atoms with Crippen LogP contribution >= 0.6 is 0 Å². The number of esters is 1. The zero-order chi connectivity index (χ0) is 19.5. The molecule has 4 heteroatoms. The summed E-state index contributed by atoms with van der Waals surface area (Å²) in [4.78, 5) is 34.9. The van der Waals surface area contributed by atoms with Crippen LogP contribution in [-0.4, -0.2) is 24.1 Å². The lowest BCUT2D eigenvalue weighted by Gasteiger charge is -2.06. The number of hydrogen-bond donors (Lipinski definition) is 0. The molecular formula is C23H28O4. The Morgan fingerprint density at radius 2 is 1.48 bits per heavy atom. The lowest BCUT2D eigenvalue weighted by atomic mass is 10.0. The quantitative estimate of drug-likeness (QED) is 0.221. The van der Waals surface area contributed by atoms with Crippen molar-refractivity contribution in [3.05, 3.63) is 48.0 Å². The minimum absolute atomic E-state index is 0.212. The highest BCUT2D eigenvalue weighted by Gasteiger charge is 2.13. The van der Waals surface area contributed by atoms with Gasteiger partial charge < -0.3 is 9.53 Å². The molecule has 27 heavy (non-hydrogen) atoms. The zero-order valence-corrected chi connectivity index (χ0v) is 16.0. The summed E-state index contributed by atoms with van der Waals surface area (Å²) in [5.74, 6) is -0.425. The fraction of sp³-hybridized carbons (Fsp3) is 0.435. The van der Waals surface area contributed by atoms with Gasteiger partial charge in [0.25, 0.3) is 0 Å². The monoisotopic (exact) mass is 368 g/mol. The summed E-state index contributed by atoms with van der Waals surface area (Å²) >= 11 is 0. The number of hydrogen-bond acceptors (Lipinski definition) is 4. The van der Waals surface area contributed by atoms with Crippen LogP contribution in [0.5, 0.6) is 0 Å². The van der Waals surface area contributed by atoms with E-state index < -0.39 is 5.97 Å². The van der Waals surface area contributed by atoms with E-state index in [-0.39, 0.29) is 18.0 Å². The lowest BCUT2D eigenvalue weighted by molar-refractivity contribution is -0.142. The molecule has 0 aliphatic heterocycles. The Hall–Kier alpha value is -2.49. The van der Waals surface area contributed by atoms with Crippen LogP contribution in [0.3, 0.4) is 0 Å². The van der Waals surface area contributed by atoms with Gasteiger partial charge in [-0.3, -0.25) is 9.59 Å². The largest absolute Gasteiger partial charge is 0.465 e. The molecule has 0 heterocycles. The van der Waals surface area contributed by atoms with Crippen molar-refractivity contribution < 1.29 is 19.1 Å². The first-order valence-corrected chi connectivity index (χ1v) is 9.73. The van der Waals surface area contributed by atoms with Crippen molar-refractivity contribution in [1.29, 1.82) is 0 Å². The maximum Gasteiger partial charge on any atom is 0.313 e. The van der Waals surface area contributed by atoms with Gasteiger partial charge in [-0.2, -0.15) is 0 Å². The third kappa shape index (κ3) is 7.73. The molecule has 0 saturated heterocycles. The molecule has 0 aliphatic carbocycles. The SMILES string of the molecule is CC(=O)CCCCCCCCOC(=O)CC(=O)c1ccc2ccccc2c1. The first-order chi connectivity index (χ1) is 13.1. The van der Waals surface area contributed by atoms with Gasteiger partial charge >= 0.3 is 5.97 Å². The number of ketones is 2. The molecule has 144 valence electrons. The summed E-state index contributed by atoms with van der Waals surface area (Å²) in [6.07, 6.45) is 6.45. The van der Waals surface area contributed by atoms with E-state index >= 15 is 0 Å². The smallest absolute Gasteiger partial charge is 0.313 e. The van der Waals surface area contributed by atoms with Crippen LogP contribution in [0.4, 0.5) is 0 Å². The highest BCUT2D eigenvalue weighted by molar-refractivity contribution is 6.07. The molecule has 0 fully saturated rings. The first kappa shape index (κ1) is 20.8. The molecule has 0 aromatic heterocycles. The number of Topliss-reactive ketones (excluding diaryl/α,β-unsaturated/α-hetero) is 2. The van der Waals surface area contributed by atoms with Crippen LogP contribution in [0.2, 0.25) is 0 Å². The molecule has 0 spiro atoms. The Bertz CT molecular complexity index is 779. The van der Waals surface area contributed by atoms with Gasteiger partial charge in [0.1, 0.15) is 12.2 Å². The van der Waals surface area contributed by atoms with Gasteiger partial charge in [0.15, 0.2) is 5.78 Å². The van der Waals surface area contributed by atoms with Gasteiger partial charge in [-0.05, 0) is 36.6 Å². The predicted molar refractivity (Wildman–Crippen MR) is 107 cm³/mol. The van der Waals surface area contributed by atoms with Crippen LogP contribution in [-0.2, 0) is 14.3 Å². The van der Waals surface area contributed by atoms with Crippen molar-refractivity contribution in [2.24, 2.45) is 0 Å². The summed E-state index contributed by atoms with van der Waals surface area (Å²) in [5, 5.41) is 2.05. The Balaban J connectivity index is 1.61. The van der Waals surface area contributed by atoms with Crippen molar-refractivity contribution in [3.8, 4) is 0 Å². The Morgan fingerprint density at radius 1 is 0.815 bits per heavy atom. The first-order valence-electron chi connectivity index (χ1n) is 9.73. The second kappa shape index (κ2) is 11.3. The normalized spacial score (nSPS) is 10.7. The van der Waals surface area contributed by atoms with Crippen LogP contribution < -0.4 is 0 Å². The molecular weight excluding hydrogens is 340 g/mol. The van der Waals surface area contributed by atoms with Gasteiger partial charge in [0, 0.05) is 12.0 Å². The fourth-order valence-corrected chi connectivity index (χ4v) is 3.02. The average Bonchev–Trinajstić information content (AvgIpc) is 2.66. The van der Waals surface area contributed by atoms with Crippen molar-refractivity contribution in [3.63, 3.8) is 0 Å². The number of carbonyl (C=O) groups excluding carboxylic acids is 3. The molecule has 0 unspecified atom stereocenters. The van der Waals surface area contributed by atoms with E-state index in [9.17, 15) is 14.4 Å². The van der Waals surface area contributed by atoms with E-state index in [1.807, 2.05) is 36.4 Å². The van der Waals surface area contributed by atoms with Gasteiger partial charge in [0.05, 0.1) is 6.61 Å². The standard InChI is InChI=1S/C23H28O4/c1-18(24)10-6-4-2-3-5-9-15-27-23(26)17-22(25)21-14-13-19-11-7-8-12-20(19)16-21/h7-8,11-14,16H,2-6,9-10,15,17H2,1H3. The molecule has 2 aromatic carbocycles. The summed E-state index contributed by atoms with van der Waals surface area (Å²) in [6, 6.07) is 13.3. The second-order valence-corrected chi connectivity index (χ2v) is 6.96. The number of rotatable bonds is 12. The van der Waals surface area contributed by atoms with Crippen LogP contribution in [0.1, 0.15) is 68.6 Å². The minimum Gasteiger partial charge on any atom is -0.465 e. The van der Waals surface area contributed by atoms with E-state index in [1.54, 1.807) is 13.0 Å². The predicted octanol–water partition coefficient (Wildman–Crippen LogP) is 5.28. The molecule has 4 nitrogen and oxygen atoms in total. The highest BCUT2D eigenvalue weighted by atomic mass is 16.5. The van der Waals surface area contributed by atoms with Crippen molar-refractivity contribution in [1.82, 2.24) is 0 Å². The average molecular weight is 368 g/mol. The minimum atomic E-state index is -0.463. The molecule has 0 saturated carbocycles. The number of benzene rings is 2. The summed E-state index contributed by atoms with van der Waals surface area (Å²) in [6.45, 7) is 1.98. The van der Waals surface area contributed by atoms with Crippen molar-refractivity contribution in [2.75, 3.05) is 6.61 Å². The summed E-state index contributed by atoms with van der Waals surface area (Å²) in [7, 11) is 0. The van der Waals surface area contributed by atoms with Gasteiger partial charge in [-0.25, -0.2) is 0 Å². The van der Waals surface area contributed by atoms with Crippen LogP contribution in [0.25, 0.3) is 10.8 Å². The van der Waals surface area contributed by atoms with Crippen molar-refractivity contribution in [2.45, 2.75) is 58.3 Å². The summed E-state index contributed by atoms with van der Waals surface area (Å²) in [5.41, 5.74) is 0.538. The number of carbonyl (C=O) groups is 3. The maximum atomic E-state index is 12.3. The van der Waals surface area contributed by atoms with Crippen LogP contribution in [0, 0.1) is 0 Å². The van der Waals surface area contributed by atoms with E-state index in [1.165, 1.54) is 0 Å². The Labute approximate surface area is 160 Å². The fourth-order valence-electron chi connectivity index (χ4n) is 3.02. The van der Waals surface area contributed by atoms with Gasteiger partial charge in [-0.1, -0.05) is 62.1 Å². The molecule has 0 amide bonds. The van der Waals surface area contributed by atoms with E-state index in [2.05, 4.69) is 0 Å². The van der Waals surface area contributed by atoms with Crippen molar-refractivity contribution >= 4 is 28.3 Å². The van der Waals surface area contributed by atoms with E-state index in [0.717, 1.165) is 49.3 Å². The topological polar surface area (TPSA) is 60.4 Å². The lowest BCUT2D eigenvalue weighted by Crippen LogP contribution is -2.12. The maximum absolute atomic E-state index is 12.3. The molecule has 2 rings (SSSR count). The summed E-state index contributed by atoms with van der Waals surface area (Å²) < 4.78 is 5.18. The van der Waals surface area contributed by atoms with Gasteiger partial charge in [0.2, 0.25) is 0 Å². The molecule has 0 radical (unpaired) electrons. The van der Waals surface area contributed by atoms with Crippen LogP contribution in [0.15, 0.2) is 42.5 Å². The van der Waals surface area contributed by atoms with E-state index in [0.29, 0.717) is 18.6 Å². The molecule has 0 N–H and O–H groups in total. The Morgan fingerprint density at radius 3 is 2.22 bits per heavy atom. The zero-order valence-electron chi connectivity index (χ0n) is 16.0. The third-order valence-corrected chi connectivity index (χ3v) is 4.56. The van der Waals surface area contributed by atoms with Gasteiger partial charge in [-0.15, -0.1) is 0 Å². The second-order valence-electron chi connectivity index (χ2n) is 6.96. The Kier molecular flexibility index (Phi) is 8.69. The third-order valence-electron chi connectivity index (χ3n) is 4.56. The number of fused-ring (bicyclic) bond motifs is 1. The highest BCUT2D eigenvalue weighted by Crippen LogP contribution is 2.17. The molecule has 0 atom stereocenters. The molecule has 0 bridgehead atoms. The molecule has 2 aromatic rings.